The summed E-state index contributed by atoms with van der Waals surface area (Å²) in [6, 6.07) is 22.7. The first-order chi connectivity index (χ1) is 10.9. The van der Waals surface area contributed by atoms with Crippen molar-refractivity contribution < 1.29 is 9.68 Å². The molecule has 3 aromatic carbocycles. The van der Waals surface area contributed by atoms with E-state index in [9.17, 15) is 0 Å². The fraction of sp³-hybridized carbons (Fsp3) is 0. The highest BCUT2D eigenvalue weighted by atomic mass is 32.1. The molecule has 1 heterocycles. The van der Waals surface area contributed by atoms with Crippen molar-refractivity contribution in [3.63, 3.8) is 0 Å². The molecule has 0 aliphatic heterocycles. The SMILES string of the molecule is O[B]Oc1ccc(-c2cccc3sc4ccccc4c23)cc1. The number of fused-ring (bicyclic) bond motifs is 3. The zero-order chi connectivity index (χ0) is 14.9. The average Bonchev–Trinajstić information content (AvgIpc) is 2.94. The molecule has 2 nitrogen and oxygen atoms in total. The van der Waals surface area contributed by atoms with E-state index in [0.717, 1.165) is 5.56 Å². The molecule has 4 heteroatoms. The van der Waals surface area contributed by atoms with Gasteiger partial charge in [-0.1, -0.05) is 42.5 Å². The van der Waals surface area contributed by atoms with Crippen molar-refractivity contribution >= 4 is 39.2 Å². The summed E-state index contributed by atoms with van der Waals surface area (Å²) in [5.41, 5.74) is 2.36. The molecule has 1 radical (unpaired) electrons. The summed E-state index contributed by atoms with van der Waals surface area (Å²) in [7, 11) is 0.697. The van der Waals surface area contributed by atoms with Gasteiger partial charge in [-0.2, -0.15) is 0 Å². The Balaban J connectivity index is 1.94. The summed E-state index contributed by atoms with van der Waals surface area (Å²) >= 11 is 1.82. The van der Waals surface area contributed by atoms with Gasteiger partial charge in [0.1, 0.15) is 5.75 Å². The average molecular weight is 303 g/mol. The van der Waals surface area contributed by atoms with Crippen LogP contribution in [-0.4, -0.2) is 12.7 Å². The maximum atomic E-state index is 8.69. The number of benzene rings is 3. The second kappa shape index (κ2) is 5.48. The Morgan fingerprint density at radius 1 is 0.818 bits per heavy atom. The highest BCUT2D eigenvalue weighted by molar-refractivity contribution is 7.25. The first-order valence-electron chi connectivity index (χ1n) is 7.00. The second-order valence-corrected chi connectivity index (χ2v) is 6.11. The number of rotatable bonds is 3. The van der Waals surface area contributed by atoms with Crippen LogP contribution in [0.25, 0.3) is 31.3 Å². The van der Waals surface area contributed by atoms with E-state index < -0.39 is 0 Å². The van der Waals surface area contributed by atoms with Crippen LogP contribution in [0.15, 0.2) is 66.7 Å². The van der Waals surface area contributed by atoms with Crippen LogP contribution in [0.1, 0.15) is 0 Å². The third-order valence-electron chi connectivity index (χ3n) is 3.76. The minimum Gasteiger partial charge on any atom is -0.537 e. The molecule has 0 unspecified atom stereocenters. The highest BCUT2D eigenvalue weighted by Gasteiger charge is 2.10. The van der Waals surface area contributed by atoms with E-state index in [2.05, 4.69) is 42.5 Å². The van der Waals surface area contributed by atoms with Crippen molar-refractivity contribution in [1.82, 2.24) is 0 Å². The zero-order valence-electron chi connectivity index (χ0n) is 11.7. The van der Waals surface area contributed by atoms with Crippen LogP contribution in [0.3, 0.4) is 0 Å². The molecule has 0 fully saturated rings. The lowest BCUT2D eigenvalue weighted by atomic mass is 9.99. The minimum atomic E-state index is 0.619. The molecule has 22 heavy (non-hydrogen) atoms. The fourth-order valence-electron chi connectivity index (χ4n) is 2.79. The molecule has 0 saturated carbocycles. The summed E-state index contributed by atoms with van der Waals surface area (Å²) < 4.78 is 7.57. The Hall–Kier alpha value is -2.30. The molecule has 1 aromatic heterocycles. The summed E-state index contributed by atoms with van der Waals surface area (Å²) in [4.78, 5) is 0. The first-order valence-corrected chi connectivity index (χ1v) is 7.82. The molecule has 105 valence electrons. The monoisotopic (exact) mass is 303 g/mol. The number of hydrogen-bond acceptors (Lipinski definition) is 3. The van der Waals surface area contributed by atoms with Crippen LogP contribution in [0, 0.1) is 0 Å². The smallest absolute Gasteiger partial charge is 0.537 e. The molecule has 0 spiro atoms. The third kappa shape index (κ3) is 2.17. The fourth-order valence-corrected chi connectivity index (χ4v) is 3.92. The van der Waals surface area contributed by atoms with Crippen LogP contribution in [0.5, 0.6) is 5.75 Å². The van der Waals surface area contributed by atoms with Gasteiger partial charge in [0.2, 0.25) is 0 Å². The molecule has 1 N–H and O–H groups in total. The van der Waals surface area contributed by atoms with E-state index in [1.54, 1.807) is 0 Å². The number of thiophene rings is 1. The highest BCUT2D eigenvalue weighted by Crippen LogP contribution is 2.39. The van der Waals surface area contributed by atoms with Crippen molar-refractivity contribution in [3.8, 4) is 16.9 Å². The van der Waals surface area contributed by atoms with Crippen LogP contribution in [0.2, 0.25) is 0 Å². The Morgan fingerprint density at radius 3 is 2.41 bits per heavy atom. The lowest BCUT2D eigenvalue weighted by Crippen LogP contribution is -1.99. The summed E-state index contributed by atoms with van der Waals surface area (Å²) in [5, 5.41) is 11.3. The lowest BCUT2D eigenvalue weighted by molar-refractivity contribution is 0.454. The van der Waals surface area contributed by atoms with Crippen LogP contribution >= 0.6 is 11.3 Å². The normalized spacial score (nSPS) is 11.0. The van der Waals surface area contributed by atoms with E-state index >= 15 is 0 Å². The molecular formula is C18H12BO2S. The minimum absolute atomic E-state index is 0.619. The standard InChI is InChI=1S/C18H12BO2S/c20-19-21-13-10-8-12(9-11-13)14-5-3-7-17-18(14)15-4-1-2-6-16(15)22-17/h1-11,20H. The van der Waals surface area contributed by atoms with Gasteiger partial charge in [0.25, 0.3) is 0 Å². The molecule has 0 amide bonds. The van der Waals surface area contributed by atoms with Gasteiger partial charge >= 0.3 is 7.69 Å². The molecule has 4 aromatic rings. The Bertz CT molecular complexity index is 944. The topological polar surface area (TPSA) is 29.5 Å². The van der Waals surface area contributed by atoms with Crippen molar-refractivity contribution in [2.45, 2.75) is 0 Å². The molecule has 0 aliphatic carbocycles. The van der Waals surface area contributed by atoms with Crippen molar-refractivity contribution in [3.05, 3.63) is 66.7 Å². The molecule has 4 rings (SSSR count). The van der Waals surface area contributed by atoms with E-state index in [4.69, 9.17) is 9.68 Å². The van der Waals surface area contributed by atoms with Gasteiger partial charge in [0.15, 0.2) is 0 Å². The molecule has 0 bridgehead atoms. The molecular weight excluding hydrogens is 291 g/mol. The quantitative estimate of drug-likeness (QED) is 0.559. The molecule has 0 atom stereocenters. The maximum Gasteiger partial charge on any atom is 0.569 e. The largest absolute Gasteiger partial charge is 0.569 e. The van der Waals surface area contributed by atoms with E-state index in [-0.39, 0.29) is 0 Å². The van der Waals surface area contributed by atoms with Gasteiger partial charge in [-0.3, -0.25) is 0 Å². The van der Waals surface area contributed by atoms with Crippen LogP contribution < -0.4 is 4.65 Å². The van der Waals surface area contributed by atoms with Gasteiger partial charge in [-0.25, -0.2) is 0 Å². The molecule has 0 saturated heterocycles. The van der Waals surface area contributed by atoms with E-state index in [1.165, 1.54) is 25.7 Å². The number of hydrogen-bond donors (Lipinski definition) is 1. The van der Waals surface area contributed by atoms with Gasteiger partial charge < -0.3 is 9.68 Å². The van der Waals surface area contributed by atoms with E-state index in [0.29, 0.717) is 13.4 Å². The predicted molar refractivity (Wildman–Crippen MR) is 93.4 cm³/mol. The van der Waals surface area contributed by atoms with E-state index in [1.807, 2.05) is 35.6 Å². The van der Waals surface area contributed by atoms with Crippen LogP contribution in [0.4, 0.5) is 0 Å². The van der Waals surface area contributed by atoms with Gasteiger partial charge in [-0.15, -0.1) is 11.3 Å². The first kappa shape index (κ1) is 13.4. The Kier molecular flexibility index (Phi) is 3.33. The maximum absolute atomic E-state index is 8.69. The van der Waals surface area contributed by atoms with Gasteiger partial charge in [-0.05, 0) is 35.4 Å². The Labute approximate surface area is 132 Å². The van der Waals surface area contributed by atoms with Crippen LogP contribution in [-0.2, 0) is 0 Å². The zero-order valence-corrected chi connectivity index (χ0v) is 12.5. The van der Waals surface area contributed by atoms with Gasteiger partial charge in [0, 0.05) is 20.2 Å². The third-order valence-corrected chi connectivity index (χ3v) is 4.89. The summed E-state index contributed by atoms with van der Waals surface area (Å²) in [5.74, 6) is 0.619. The van der Waals surface area contributed by atoms with Crippen molar-refractivity contribution in [2.24, 2.45) is 0 Å². The van der Waals surface area contributed by atoms with Crippen molar-refractivity contribution in [2.75, 3.05) is 0 Å². The second-order valence-electron chi connectivity index (χ2n) is 5.02. The summed E-state index contributed by atoms with van der Waals surface area (Å²) in [6.07, 6.45) is 0. The Morgan fingerprint density at radius 2 is 1.59 bits per heavy atom. The lowest BCUT2D eigenvalue weighted by Gasteiger charge is -2.06. The predicted octanol–water partition coefficient (Wildman–Crippen LogP) is 4.63. The molecule has 0 aliphatic rings. The summed E-state index contributed by atoms with van der Waals surface area (Å²) in [6.45, 7) is 0. The van der Waals surface area contributed by atoms with Crippen molar-refractivity contribution in [1.29, 1.82) is 0 Å². The van der Waals surface area contributed by atoms with Gasteiger partial charge in [0.05, 0.1) is 0 Å².